The lowest BCUT2D eigenvalue weighted by Crippen LogP contribution is -2.43. The van der Waals surface area contributed by atoms with E-state index >= 15 is 0 Å². The largest absolute Gasteiger partial charge is 0.349 e. The third-order valence-electron chi connectivity index (χ3n) is 3.58. The third-order valence-corrected chi connectivity index (χ3v) is 3.58. The quantitative estimate of drug-likeness (QED) is 0.816. The van der Waals surface area contributed by atoms with E-state index in [0.29, 0.717) is 25.9 Å². The van der Waals surface area contributed by atoms with Gasteiger partial charge in [0.1, 0.15) is 0 Å². The van der Waals surface area contributed by atoms with E-state index in [4.69, 9.17) is 0 Å². The predicted molar refractivity (Wildman–Crippen MR) is 71.5 cm³/mol. The molecule has 5 nitrogen and oxygen atoms in total. The van der Waals surface area contributed by atoms with Crippen LogP contribution in [0.2, 0.25) is 0 Å². The van der Waals surface area contributed by atoms with Crippen LogP contribution in [0.5, 0.6) is 0 Å². The van der Waals surface area contributed by atoms with Gasteiger partial charge in [0.25, 0.3) is 5.91 Å². The van der Waals surface area contributed by atoms with Crippen molar-refractivity contribution in [3.05, 3.63) is 29.8 Å². The normalized spacial score (nSPS) is 16.1. The number of hydrogen-bond acceptors (Lipinski definition) is 3. The van der Waals surface area contributed by atoms with Crippen molar-refractivity contribution in [3.8, 4) is 0 Å². The highest BCUT2D eigenvalue weighted by Crippen LogP contribution is 2.21. The molecule has 0 aromatic carbocycles. The summed E-state index contributed by atoms with van der Waals surface area (Å²) < 4.78 is 13.5. The van der Waals surface area contributed by atoms with Gasteiger partial charge in [0.15, 0.2) is 5.82 Å². The summed E-state index contributed by atoms with van der Waals surface area (Å²) in [5, 5.41) is 0. The van der Waals surface area contributed by atoms with Crippen molar-refractivity contribution in [2.24, 2.45) is 5.92 Å². The van der Waals surface area contributed by atoms with Gasteiger partial charge in [-0.1, -0.05) is 0 Å². The zero-order chi connectivity index (χ0) is 14.7. The fraction of sp³-hybridized carbons (Fsp3) is 0.500. The highest BCUT2D eigenvalue weighted by atomic mass is 19.1. The zero-order valence-corrected chi connectivity index (χ0v) is 11.7. The van der Waals surface area contributed by atoms with Crippen LogP contribution in [0.25, 0.3) is 0 Å². The SMILES string of the molecule is CN(C)C(=O)C1CCN(C(=O)c2ccncc2F)CC1. The van der Waals surface area contributed by atoms with E-state index in [2.05, 4.69) is 4.98 Å². The second-order valence-electron chi connectivity index (χ2n) is 5.15. The summed E-state index contributed by atoms with van der Waals surface area (Å²) in [6, 6.07) is 1.38. The number of carbonyl (C=O) groups is 2. The Morgan fingerprint density at radius 1 is 1.35 bits per heavy atom. The number of piperidine rings is 1. The maximum absolute atomic E-state index is 13.5. The van der Waals surface area contributed by atoms with Crippen LogP contribution in [0.3, 0.4) is 0 Å². The van der Waals surface area contributed by atoms with Crippen LogP contribution >= 0.6 is 0 Å². The third kappa shape index (κ3) is 2.95. The highest BCUT2D eigenvalue weighted by Gasteiger charge is 2.29. The lowest BCUT2D eigenvalue weighted by molar-refractivity contribution is -0.134. The number of amides is 2. The molecule has 0 atom stereocenters. The molecule has 2 rings (SSSR count). The number of rotatable bonds is 2. The maximum Gasteiger partial charge on any atom is 0.256 e. The summed E-state index contributed by atoms with van der Waals surface area (Å²) in [5.41, 5.74) is 0.0392. The van der Waals surface area contributed by atoms with Gasteiger partial charge in [-0.25, -0.2) is 4.39 Å². The molecule has 0 spiro atoms. The summed E-state index contributed by atoms with van der Waals surface area (Å²) in [5.74, 6) is -0.895. The molecule has 108 valence electrons. The van der Waals surface area contributed by atoms with Crippen molar-refractivity contribution in [2.75, 3.05) is 27.2 Å². The lowest BCUT2D eigenvalue weighted by atomic mass is 9.95. The van der Waals surface area contributed by atoms with Crippen LogP contribution in [0.4, 0.5) is 4.39 Å². The first-order valence-electron chi connectivity index (χ1n) is 6.60. The molecule has 1 fully saturated rings. The van der Waals surface area contributed by atoms with Gasteiger partial charge in [0.05, 0.1) is 11.8 Å². The van der Waals surface area contributed by atoms with Crippen LogP contribution < -0.4 is 0 Å². The first-order valence-corrected chi connectivity index (χ1v) is 6.60. The molecule has 1 aromatic heterocycles. The van der Waals surface area contributed by atoms with Gasteiger partial charge in [-0.05, 0) is 18.9 Å². The Morgan fingerprint density at radius 2 is 2.00 bits per heavy atom. The van der Waals surface area contributed by atoms with Gasteiger partial charge >= 0.3 is 0 Å². The molecule has 1 aliphatic heterocycles. The molecular formula is C14H18FN3O2. The van der Waals surface area contributed by atoms with Crippen LogP contribution in [0.1, 0.15) is 23.2 Å². The summed E-state index contributed by atoms with van der Waals surface area (Å²) in [7, 11) is 3.46. The Kier molecular flexibility index (Phi) is 4.32. The summed E-state index contributed by atoms with van der Waals surface area (Å²) in [6.45, 7) is 0.954. The molecular weight excluding hydrogens is 261 g/mol. The standard InChI is InChI=1S/C14H18FN3O2/c1-17(2)13(19)10-4-7-18(8-5-10)14(20)11-3-6-16-9-12(11)15/h3,6,9-10H,4-5,7-8H2,1-2H3. The molecule has 0 saturated carbocycles. The predicted octanol–water partition coefficient (Wildman–Crippen LogP) is 1.16. The number of hydrogen-bond donors (Lipinski definition) is 0. The van der Waals surface area contributed by atoms with Crippen molar-refractivity contribution < 1.29 is 14.0 Å². The van der Waals surface area contributed by atoms with E-state index < -0.39 is 5.82 Å². The number of halogens is 1. The number of carbonyl (C=O) groups excluding carboxylic acids is 2. The minimum absolute atomic E-state index is 0.0392. The number of nitrogens with zero attached hydrogens (tertiary/aromatic N) is 3. The van der Waals surface area contributed by atoms with Gasteiger partial charge < -0.3 is 9.80 Å². The molecule has 0 aliphatic carbocycles. The van der Waals surface area contributed by atoms with E-state index in [1.807, 2.05) is 0 Å². The molecule has 0 radical (unpaired) electrons. The van der Waals surface area contributed by atoms with Crippen LogP contribution in [-0.2, 0) is 4.79 Å². The smallest absolute Gasteiger partial charge is 0.256 e. The number of likely N-dealkylation sites (tertiary alicyclic amines) is 1. The Hall–Kier alpha value is -1.98. The molecule has 0 bridgehead atoms. The van der Waals surface area contributed by atoms with Crippen LogP contribution in [-0.4, -0.2) is 53.8 Å². The van der Waals surface area contributed by atoms with Crippen LogP contribution in [0.15, 0.2) is 18.5 Å². The topological polar surface area (TPSA) is 53.5 Å². The summed E-state index contributed by atoms with van der Waals surface area (Å²) in [4.78, 5) is 30.8. The highest BCUT2D eigenvalue weighted by molar-refractivity contribution is 5.94. The second kappa shape index (κ2) is 5.98. The Bertz CT molecular complexity index is 511. The van der Waals surface area contributed by atoms with E-state index in [1.54, 1.807) is 23.9 Å². The fourth-order valence-corrected chi connectivity index (χ4v) is 2.41. The van der Waals surface area contributed by atoms with Crippen molar-refractivity contribution >= 4 is 11.8 Å². The van der Waals surface area contributed by atoms with Gasteiger partial charge in [0, 0.05) is 39.3 Å². The second-order valence-corrected chi connectivity index (χ2v) is 5.15. The average molecular weight is 279 g/mol. The Morgan fingerprint density at radius 3 is 2.55 bits per heavy atom. The molecule has 1 aromatic rings. The molecule has 0 N–H and O–H groups in total. The van der Waals surface area contributed by atoms with Gasteiger partial charge in [-0.3, -0.25) is 14.6 Å². The summed E-state index contributed by atoms with van der Waals surface area (Å²) in [6.07, 6.45) is 3.68. The maximum atomic E-state index is 13.5. The van der Waals surface area contributed by atoms with Crippen molar-refractivity contribution in [2.45, 2.75) is 12.8 Å². The number of aromatic nitrogens is 1. The van der Waals surface area contributed by atoms with Gasteiger partial charge in [-0.15, -0.1) is 0 Å². The summed E-state index contributed by atoms with van der Waals surface area (Å²) >= 11 is 0. The molecule has 1 saturated heterocycles. The molecule has 2 amide bonds. The Labute approximate surface area is 117 Å². The van der Waals surface area contributed by atoms with E-state index in [-0.39, 0.29) is 23.3 Å². The molecule has 6 heteroatoms. The first kappa shape index (κ1) is 14.4. The van der Waals surface area contributed by atoms with Gasteiger partial charge in [-0.2, -0.15) is 0 Å². The van der Waals surface area contributed by atoms with Gasteiger partial charge in [0.2, 0.25) is 5.91 Å². The monoisotopic (exact) mass is 279 g/mol. The molecule has 0 unspecified atom stereocenters. The molecule has 20 heavy (non-hydrogen) atoms. The minimum Gasteiger partial charge on any atom is -0.349 e. The van der Waals surface area contributed by atoms with Crippen LogP contribution in [0, 0.1) is 11.7 Å². The first-order chi connectivity index (χ1) is 9.50. The minimum atomic E-state index is -0.607. The van der Waals surface area contributed by atoms with Crippen molar-refractivity contribution in [1.29, 1.82) is 0 Å². The van der Waals surface area contributed by atoms with Crippen molar-refractivity contribution in [1.82, 2.24) is 14.8 Å². The molecule has 1 aliphatic rings. The van der Waals surface area contributed by atoms with E-state index in [0.717, 1.165) is 6.20 Å². The zero-order valence-electron chi connectivity index (χ0n) is 11.7. The van der Waals surface area contributed by atoms with Crippen molar-refractivity contribution in [3.63, 3.8) is 0 Å². The average Bonchev–Trinajstić information content (AvgIpc) is 2.46. The Balaban J connectivity index is 1.99. The lowest BCUT2D eigenvalue weighted by Gasteiger charge is -2.32. The molecule has 2 heterocycles. The van der Waals surface area contributed by atoms with E-state index in [1.165, 1.54) is 12.3 Å². The number of pyridine rings is 1. The fourth-order valence-electron chi connectivity index (χ4n) is 2.41. The van der Waals surface area contributed by atoms with E-state index in [9.17, 15) is 14.0 Å².